The number of nitroso groups, excluding NO2 is 2. The molecule has 0 bridgehead atoms. The van der Waals surface area contributed by atoms with Gasteiger partial charge in [0.15, 0.2) is 5.69 Å². The van der Waals surface area contributed by atoms with Crippen LogP contribution in [0.15, 0.2) is 22.5 Å². The van der Waals surface area contributed by atoms with Crippen molar-refractivity contribution >= 4 is 22.9 Å². The number of rotatable bonds is 4. The normalized spacial score (nSPS) is 11.8. The summed E-state index contributed by atoms with van der Waals surface area (Å²) < 4.78 is 0. The molecule has 1 unspecified atom stereocenters. The van der Waals surface area contributed by atoms with Crippen LogP contribution in [0, 0.1) is 15.2 Å². The molecule has 7 N–H and O–H groups in total. The molecular weight excluding hydrogens is 212 g/mol. The first kappa shape index (κ1) is 11.7. The van der Waals surface area contributed by atoms with Crippen LogP contribution in [0.2, 0.25) is 0 Å². The maximum atomic E-state index is 10.5. The van der Waals surface area contributed by atoms with Gasteiger partial charge < -0.3 is 17.2 Å². The van der Waals surface area contributed by atoms with Crippen LogP contribution >= 0.6 is 0 Å². The molecule has 0 fully saturated rings. The van der Waals surface area contributed by atoms with Gasteiger partial charge in [-0.15, -0.1) is 9.81 Å². The summed E-state index contributed by atoms with van der Waals surface area (Å²) >= 11 is 0. The van der Waals surface area contributed by atoms with Crippen LogP contribution in [0.3, 0.4) is 0 Å². The first-order chi connectivity index (χ1) is 7.52. The van der Waals surface area contributed by atoms with Crippen molar-refractivity contribution < 1.29 is 0 Å². The van der Waals surface area contributed by atoms with Crippen molar-refractivity contribution in [2.75, 3.05) is 5.73 Å². The van der Waals surface area contributed by atoms with E-state index in [4.69, 9.17) is 22.6 Å². The van der Waals surface area contributed by atoms with E-state index in [9.17, 15) is 9.81 Å². The zero-order chi connectivity index (χ0) is 12.3. The molecule has 0 spiro atoms. The minimum atomic E-state index is -0.943. The second-order valence-electron chi connectivity index (χ2n) is 3.05. The maximum Gasteiger partial charge on any atom is 0.160 e. The molecule has 1 aromatic rings. The second-order valence-corrected chi connectivity index (χ2v) is 3.05. The molecule has 84 valence electrons. The summed E-state index contributed by atoms with van der Waals surface area (Å²) in [5.74, 6) is -0.310. The number of hydrogen-bond acceptors (Lipinski definition) is 7. The van der Waals surface area contributed by atoms with Crippen LogP contribution in [0.4, 0.5) is 17.1 Å². The summed E-state index contributed by atoms with van der Waals surface area (Å²) in [7, 11) is 0. The van der Waals surface area contributed by atoms with Crippen LogP contribution in [0.25, 0.3) is 0 Å². The molecule has 0 aliphatic heterocycles. The highest BCUT2D eigenvalue weighted by molar-refractivity contribution is 5.89. The number of nitrogens with zero attached hydrogens (tertiary/aromatic N) is 2. The Bertz CT molecular complexity index is 458. The van der Waals surface area contributed by atoms with Gasteiger partial charge in [-0.3, -0.25) is 5.41 Å². The Balaban J connectivity index is 3.40. The molecule has 0 saturated heterocycles. The number of nitrogens with two attached hydrogens (primary N) is 3. The molecule has 16 heavy (non-hydrogen) atoms. The fraction of sp³-hybridized carbons (Fsp3) is 0.125. The lowest BCUT2D eigenvalue weighted by atomic mass is 10.0. The van der Waals surface area contributed by atoms with Gasteiger partial charge in [0.05, 0.1) is 11.7 Å². The highest BCUT2D eigenvalue weighted by atomic mass is 16.3. The SMILES string of the molecule is N=C(N)C(N)c1ccc(N=O)c(N=O)c1N. The lowest BCUT2D eigenvalue weighted by molar-refractivity contribution is 0.941. The van der Waals surface area contributed by atoms with E-state index in [1.807, 2.05) is 0 Å². The molecule has 0 amide bonds. The Morgan fingerprint density at radius 1 is 1.31 bits per heavy atom. The molecular formula is C8H10N6O2. The van der Waals surface area contributed by atoms with E-state index >= 15 is 0 Å². The first-order valence-corrected chi connectivity index (χ1v) is 4.21. The summed E-state index contributed by atoms with van der Waals surface area (Å²) in [6.45, 7) is 0. The Morgan fingerprint density at radius 3 is 2.38 bits per heavy atom. The van der Waals surface area contributed by atoms with Crippen LogP contribution in [-0.2, 0) is 0 Å². The molecule has 1 atom stereocenters. The first-order valence-electron chi connectivity index (χ1n) is 4.21. The highest BCUT2D eigenvalue weighted by Gasteiger charge is 2.18. The van der Waals surface area contributed by atoms with Gasteiger partial charge in [0.25, 0.3) is 0 Å². The predicted molar refractivity (Wildman–Crippen MR) is 60.6 cm³/mol. The number of nitrogen functional groups attached to an aromatic ring is 1. The summed E-state index contributed by atoms with van der Waals surface area (Å²) in [4.78, 5) is 20.8. The summed E-state index contributed by atoms with van der Waals surface area (Å²) in [5.41, 5.74) is 16.1. The van der Waals surface area contributed by atoms with E-state index in [0.29, 0.717) is 0 Å². The molecule has 0 radical (unpaired) electrons. The smallest absolute Gasteiger partial charge is 0.160 e. The maximum absolute atomic E-state index is 10.5. The lowest BCUT2D eigenvalue weighted by Gasteiger charge is -2.13. The fourth-order valence-corrected chi connectivity index (χ4v) is 1.22. The predicted octanol–water partition coefficient (Wildman–Crippen LogP) is 1.00. The molecule has 1 aromatic carbocycles. The van der Waals surface area contributed by atoms with Crippen molar-refractivity contribution in [3.8, 4) is 0 Å². The molecule has 1 rings (SSSR count). The molecule has 8 heteroatoms. The van der Waals surface area contributed by atoms with Crippen molar-refractivity contribution in [2.45, 2.75) is 6.04 Å². The van der Waals surface area contributed by atoms with Gasteiger partial charge in [-0.1, -0.05) is 6.07 Å². The van der Waals surface area contributed by atoms with Crippen LogP contribution in [-0.4, -0.2) is 5.84 Å². The van der Waals surface area contributed by atoms with E-state index in [2.05, 4.69) is 10.4 Å². The van der Waals surface area contributed by atoms with Crippen molar-refractivity contribution in [3.63, 3.8) is 0 Å². The molecule has 8 nitrogen and oxygen atoms in total. The number of benzene rings is 1. The van der Waals surface area contributed by atoms with E-state index in [0.717, 1.165) is 0 Å². The number of amidine groups is 1. The number of nitrogens with one attached hydrogen (secondary N) is 1. The van der Waals surface area contributed by atoms with Gasteiger partial charge in [-0.2, -0.15) is 0 Å². The minimum absolute atomic E-state index is 0.0881. The zero-order valence-electron chi connectivity index (χ0n) is 8.18. The number of hydrogen-bond donors (Lipinski definition) is 4. The van der Waals surface area contributed by atoms with Crippen molar-refractivity contribution in [2.24, 2.45) is 21.8 Å². The Morgan fingerprint density at radius 2 is 1.94 bits per heavy atom. The van der Waals surface area contributed by atoms with Crippen molar-refractivity contribution in [1.82, 2.24) is 0 Å². The second kappa shape index (κ2) is 4.45. The van der Waals surface area contributed by atoms with Gasteiger partial charge in [-0.25, -0.2) is 0 Å². The summed E-state index contributed by atoms with van der Waals surface area (Å²) in [5, 5.41) is 12.4. The fourth-order valence-electron chi connectivity index (χ4n) is 1.22. The highest BCUT2D eigenvalue weighted by Crippen LogP contribution is 2.37. The Kier molecular flexibility index (Phi) is 3.26. The molecule has 0 aromatic heterocycles. The Labute approximate surface area is 90.3 Å². The van der Waals surface area contributed by atoms with Gasteiger partial charge in [0.1, 0.15) is 11.5 Å². The van der Waals surface area contributed by atoms with Crippen molar-refractivity contribution in [3.05, 3.63) is 27.5 Å². The molecule has 0 aliphatic carbocycles. The quantitative estimate of drug-likeness (QED) is 0.258. The average Bonchev–Trinajstić information content (AvgIpc) is 2.27. The minimum Gasteiger partial charge on any atom is -0.397 e. The van der Waals surface area contributed by atoms with Gasteiger partial charge >= 0.3 is 0 Å². The summed E-state index contributed by atoms with van der Waals surface area (Å²) in [6, 6.07) is 1.69. The zero-order valence-corrected chi connectivity index (χ0v) is 8.18. The van der Waals surface area contributed by atoms with E-state index < -0.39 is 6.04 Å². The van der Waals surface area contributed by atoms with E-state index in [-0.39, 0.29) is 28.5 Å². The average molecular weight is 222 g/mol. The van der Waals surface area contributed by atoms with Crippen LogP contribution in [0.5, 0.6) is 0 Å². The molecule has 0 aliphatic rings. The largest absolute Gasteiger partial charge is 0.397 e. The Hall–Kier alpha value is -2.35. The number of anilines is 1. The standard InChI is InChI=1S/C8H10N6O2/c9-5-3(6(10)8(11)12)1-2-4(13-15)7(5)14-16/h1-2,6H,9-10H2,(H3,11,12). The van der Waals surface area contributed by atoms with Gasteiger partial charge in [0, 0.05) is 5.56 Å². The van der Waals surface area contributed by atoms with Gasteiger partial charge in [-0.05, 0) is 16.4 Å². The molecule has 0 heterocycles. The molecule has 0 saturated carbocycles. The van der Waals surface area contributed by atoms with Gasteiger partial charge in [0.2, 0.25) is 0 Å². The van der Waals surface area contributed by atoms with E-state index in [1.54, 1.807) is 0 Å². The third-order valence-corrected chi connectivity index (χ3v) is 2.09. The lowest BCUT2D eigenvalue weighted by Crippen LogP contribution is -2.28. The summed E-state index contributed by atoms with van der Waals surface area (Å²) in [6.07, 6.45) is 0. The third-order valence-electron chi connectivity index (χ3n) is 2.09. The monoisotopic (exact) mass is 222 g/mol. The topological polar surface area (TPSA) is 161 Å². The van der Waals surface area contributed by atoms with E-state index in [1.165, 1.54) is 12.1 Å². The van der Waals surface area contributed by atoms with Crippen LogP contribution in [0.1, 0.15) is 11.6 Å². The van der Waals surface area contributed by atoms with Crippen molar-refractivity contribution in [1.29, 1.82) is 5.41 Å². The van der Waals surface area contributed by atoms with Crippen LogP contribution < -0.4 is 17.2 Å². The third kappa shape index (κ3) is 1.86.